The van der Waals surface area contributed by atoms with Crippen LogP contribution in [0.2, 0.25) is 10.0 Å². The van der Waals surface area contributed by atoms with Crippen molar-refractivity contribution in [3.05, 3.63) is 148 Å². The van der Waals surface area contributed by atoms with Crippen LogP contribution in [-0.2, 0) is 0 Å². The second-order valence-electron chi connectivity index (χ2n) is 7.72. The fourth-order valence-corrected chi connectivity index (χ4v) is 4.24. The van der Waals surface area contributed by atoms with Crippen LogP contribution in [0.15, 0.2) is 127 Å². The first-order valence-electron chi connectivity index (χ1n) is 10.5. The van der Waals surface area contributed by atoms with Gasteiger partial charge in [-0.1, -0.05) is 120 Å². The molecule has 0 radical (unpaired) electrons. The van der Waals surface area contributed by atoms with Crippen molar-refractivity contribution in [2.75, 3.05) is 0 Å². The summed E-state index contributed by atoms with van der Waals surface area (Å²) in [5.74, 6) is 0. The number of allylic oxidation sites excluding steroid dienone is 5. The largest absolute Gasteiger partial charge is 0.0843 e. The summed E-state index contributed by atoms with van der Waals surface area (Å²) in [7, 11) is 0. The van der Waals surface area contributed by atoms with Crippen LogP contribution in [0, 0.1) is 0 Å². The Morgan fingerprint density at radius 3 is 1.06 bits per heavy atom. The van der Waals surface area contributed by atoms with Crippen molar-refractivity contribution in [2.45, 2.75) is 0 Å². The maximum absolute atomic E-state index is 6.04. The molecule has 0 heterocycles. The van der Waals surface area contributed by atoms with Gasteiger partial charge in [0, 0.05) is 10.0 Å². The molecule has 5 rings (SSSR count). The predicted molar refractivity (Wildman–Crippen MR) is 138 cm³/mol. The zero-order valence-corrected chi connectivity index (χ0v) is 18.8. The summed E-state index contributed by atoms with van der Waals surface area (Å²) >= 11 is 12.1. The molecule has 1 aliphatic rings. The number of halogens is 2. The molecule has 0 saturated heterocycles. The lowest BCUT2D eigenvalue weighted by atomic mass is 9.91. The van der Waals surface area contributed by atoms with Gasteiger partial charge in [0.25, 0.3) is 0 Å². The average molecular weight is 451 g/mol. The summed E-state index contributed by atoms with van der Waals surface area (Å²) in [5.41, 5.74) is 9.46. The zero-order valence-electron chi connectivity index (χ0n) is 17.3. The first-order chi connectivity index (χ1) is 15.7. The van der Waals surface area contributed by atoms with Crippen molar-refractivity contribution in [3.63, 3.8) is 0 Å². The van der Waals surface area contributed by atoms with Gasteiger partial charge in [0.05, 0.1) is 0 Å². The molecule has 4 aromatic carbocycles. The van der Waals surface area contributed by atoms with E-state index in [1.807, 2.05) is 24.3 Å². The number of benzene rings is 4. The highest BCUT2D eigenvalue weighted by atomic mass is 35.5. The van der Waals surface area contributed by atoms with Gasteiger partial charge in [-0.05, 0) is 68.8 Å². The third-order valence-corrected chi connectivity index (χ3v) is 6.16. The molecule has 4 aromatic rings. The van der Waals surface area contributed by atoms with Gasteiger partial charge in [0.15, 0.2) is 0 Å². The van der Waals surface area contributed by atoms with Crippen LogP contribution in [-0.4, -0.2) is 0 Å². The molecule has 0 spiro atoms. The Morgan fingerprint density at radius 2 is 0.719 bits per heavy atom. The van der Waals surface area contributed by atoms with Crippen LogP contribution in [0.4, 0.5) is 0 Å². The van der Waals surface area contributed by atoms with Gasteiger partial charge in [-0.15, -0.1) is 0 Å². The van der Waals surface area contributed by atoms with Gasteiger partial charge < -0.3 is 0 Å². The Balaban J connectivity index is 1.51. The van der Waals surface area contributed by atoms with Gasteiger partial charge in [-0.25, -0.2) is 0 Å². The summed E-state index contributed by atoms with van der Waals surface area (Å²) < 4.78 is 0. The van der Waals surface area contributed by atoms with Crippen molar-refractivity contribution in [3.8, 4) is 22.3 Å². The van der Waals surface area contributed by atoms with Crippen LogP contribution in [0.1, 0.15) is 11.1 Å². The fourth-order valence-electron chi connectivity index (χ4n) is 3.98. The lowest BCUT2D eigenvalue weighted by Gasteiger charge is -2.13. The molecule has 1 aliphatic carbocycles. The molecule has 0 N–H and O–H groups in total. The van der Waals surface area contributed by atoms with E-state index in [1.165, 1.54) is 33.4 Å². The quantitative estimate of drug-likeness (QED) is 0.290. The van der Waals surface area contributed by atoms with Crippen molar-refractivity contribution in [1.82, 2.24) is 0 Å². The third kappa shape index (κ3) is 4.34. The van der Waals surface area contributed by atoms with E-state index in [4.69, 9.17) is 23.2 Å². The van der Waals surface area contributed by atoms with Gasteiger partial charge in [0.1, 0.15) is 0 Å². The van der Waals surface area contributed by atoms with Crippen LogP contribution >= 0.6 is 23.2 Å². The van der Waals surface area contributed by atoms with E-state index in [2.05, 4.69) is 97.1 Å². The van der Waals surface area contributed by atoms with Crippen LogP contribution < -0.4 is 0 Å². The summed E-state index contributed by atoms with van der Waals surface area (Å²) in [4.78, 5) is 0. The molecule has 32 heavy (non-hydrogen) atoms. The standard InChI is InChI=1S/C30H20Cl2/c31-28-17-13-23(14-18-28)21-5-9-26(10-6-21)30(25-3-1-2-4-25)27-11-7-22(8-12-27)24-15-19-29(32)20-16-24/h1-20H. The van der Waals surface area contributed by atoms with E-state index in [9.17, 15) is 0 Å². The van der Waals surface area contributed by atoms with Crippen molar-refractivity contribution >= 4 is 28.8 Å². The minimum Gasteiger partial charge on any atom is -0.0843 e. The minimum absolute atomic E-state index is 0.749. The molecular weight excluding hydrogens is 431 g/mol. The maximum atomic E-state index is 6.04. The SMILES string of the molecule is Clc1ccc(-c2ccc(C(=C3C=CC=C3)c3ccc(-c4ccc(Cl)cc4)cc3)cc2)cc1. The van der Waals surface area contributed by atoms with Crippen LogP contribution in [0.5, 0.6) is 0 Å². The molecule has 0 bridgehead atoms. The average Bonchev–Trinajstić information content (AvgIpc) is 3.36. The molecule has 0 aliphatic heterocycles. The van der Waals surface area contributed by atoms with Crippen molar-refractivity contribution < 1.29 is 0 Å². The summed E-state index contributed by atoms with van der Waals surface area (Å²) in [6.07, 6.45) is 8.49. The van der Waals surface area contributed by atoms with Gasteiger partial charge in [-0.2, -0.15) is 0 Å². The third-order valence-electron chi connectivity index (χ3n) is 5.65. The van der Waals surface area contributed by atoms with Crippen LogP contribution in [0.25, 0.3) is 27.8 Å². The zero-order chi connectivity index (χ0) is 21.9. The van der Waals surface area contributed by atoms with E-state index in [-0.39, 0.29) is 0 Å². The molecule has 0 aromatic heterocycles. The molecule has 154 valence electrons. The topological polar surface area (TPSA) is 0 Å². The highest BCUT2D eigenvalue weighted by Gasteiger charge is 2.11. The van der Waals surface area contributed by atoms with Gasteiger partial charge in [0.2, 0.25) is 0 Å². The van der Waals surface area contributed by atoms with Crippen LogP contribution in [0.3, 0.4) is 0 Å². The molecule has 0 nitrogen and oxygen atoms in total. The molecule has 0 atom stereocenters. The predicted octanol–water partition coefficient (Wildman–Crippen LogP) is 9.26. The number of hydrogen-bond acceptors (Lipinski definition) is 0. The van der Waals surface area contributed by atoms with E-state index in [0.717, 1.165) is 21.2 Å². The molecule has 0 amide bonds. The Bertz CT molecular complexity index is 1220. The molecule has 2 heteroatoms. The molecular formula is C30H20Cl2. The monoisotopic (exact) mass is 450 g/mol. The minimum atomic E-state index is 0.749. The van der Waals surface area contributed by atoms with Gasteiger partial charge >= 0.3 is 0 Å². The first kappa shape index (κ1) is 20.6. The Morgan fingerprint density at radius 1 is 0.406 bits per heavy atom. The van der Waals surface area contributed by atoms with E-state index >= 15 is 0 Å². The van der Waals surface area contributed by atoms with E-state index < -0.39 is 0 Å². The summed E-state index contributed by atoms with van der Waals surface area (Å²) in [6.45, 7) is 0. The second-order valence-corrected chi connectivity index (χ2v) is 8.59. The normalized spacial score (nSPS) is 12.4. The van der Waals surface area contributed by atoms with Gasteiger partial charge in [-0.3, -0.25) is 0 Å². The number of hydrogen-bond donors (Lipinski definition) is 0. The highest BCUT2D eigenvalue weighted by Crippen LogP contribution is 2.33. The van der Waals surface area contributed by atoms with Crippen molar-refractivity contribution in [2.24, 2.45) is 0 Å². The molecule has 0 unspecified atom stereocenters. The Kier molecular flexibility index (Phi) is 5.81. The maximum Gasteiger partial charge on any atom is 0.0406 e. The lowest BCUT2D eigenvalue weighted by molar-refractivity contribution is 1.51. The van der Waals surface area contributed by atoms with E-state index in [1.54, 1.807) is 0 Å². The van der Waals surface area contributed by atoms with E-state index in [0.29, 0.717) is 0 Å². The second kappa shape index (κ2) is 9.04. The van der Waals surface area contributed by atoms with Crippen molar-refractivity contribution in [1.29, 1.82) is 0 Å². The molecule has 0 fully saturated rings. The fraction of sp³-hybridized carbons (Fsp3) is 0. The highest BCUT2D eigenvalue weighted by molar-refractivity contribution is 6.30. The Hall–Kier alpha value is -3.32. The smallest absolute Gasteiger partial charge is 0.0406 e. The molecule has 0 saturated carbocycles. The summed E-state index contributed by atoms with van der Waals surface area (Å²) in [6, 6.07) is 33.4. The number of rotatable bonds is 4. The lowest BCUT2D eigenvalue weighted by Crippen LogP contribution is -1.92. The Labute approximate surface area is 198 Å². The first-order valence-corrected chi connectivity index (χ1v) is 11.2. The summed E-state index contributed by atoms with van der Waals surface area (Å²) in [5, 5.41) is 1.50.